The van der Waals surface area contributed by atoms with E-state index >= 15 is 0 Å². The molecule has 0 aliphatic heterocycles. The van der Waals surface area contributed by atoms with Gasteiger partial charge in [-0.05, 0) is 55.4 Å². The average molecular weight is 283 g/mol. The Labute approximate surface area is 127 Å². The van der Waals surface area contributed by atoms with Crippen molar-refractivity contribution in [3.05, 3.63) is 30.5 Å². The van der Waals surface area contributed by atoms with E-state index in [2.05, 4.69) is 42.9 Å². The number of aromatic nitrogens is 1. The second-order valence-corrected chi connectivity index (χ2v) is 7.08. The summed E-state index contributed by atoms with van der Waals surface area (Å²) in [6.45, 7) is 4.76. The summed E-state index contributed by atoms with van der Waals surface area (Å²) < 4.78 is 0. The van der Waals surface area contributed by atoms with E-state index in [-0.39, 0.29) is 0 Å². The normalized spacial score (nSPS) is 18.8. The summed E-state index contributed by atoms with van der Waals surface area (Å²) in [5.41, 5.74) is 9.48. The van der Waals surface area contributed by atoms with Gasteiger partial charge in [-0.25, -0.2) is 0 Å². The van der Waals surface area contributed by atoms with Crippen LogP contribution in [0.4, 0.5) is 11.4 Å². The predicted molar refractivity (Wildman–Crippen MR) is 90.6 cm³/mol. The number of nitrogens with two attached hydrogens (primary N) is 1. The second-order valence-electron chi connectivity index (χ2n) is 7.08. The van der Waals surface area contributed by atoms with Crippen molar-refractivity contribution in [2.75, 3.05) is 17.7 Å². The van der Waals surface area contributed by atoms with Gasteiger partial charge in [-0.1, -0.05) is 13.8 Å². The minimum atomic E-state index is 0.502. The maximum atomic E-state index is 6.06. The van der Waals surface area contributed by atoms with Crippen LogP contribution in [-0.4, -0.2) is 18.1 Å². The fourth-order valence-electron chi connectivity index (χ4n) is 3.46. The molecule has 1 heterocycles. The summed E-state index contributed by atoms with van der Waals surface area (Å²) in [6.07, 6.45) is 6.93. The van der Waals surface area contributed by atoms with Crippen LogP contribution in [0, 0.1) is 5.41 Å². The molecular weight excluding hydrogens is 258 g/mol. The van der Waals surface area contributed by atoms with E-state index in [4.69, 9.17) is 5.73 Å². The lowest BCUT2D eigenvalue weighted by Gasteiger charge is -2.40. The van der Waals surface area contributed by atoms with Crippen LogP contribution in [0.1, 0.15) is 39.5 Å². The Morgan fingerprint density at radius 1 is 1.19 bits per heavy atom. The van der Waals surface area contributed by atoms with Crippen molar-refractivity contribution in [1.29, 1.82) is 0 Å². The lowest BCUT2D eigenvalue weighted by atomic mass is 9.75. The zero-order chi connectivity index (χ0) is 15.0. The Hall–Kier alpha value is -1.77. The number of hydrogen-bond donors (Lipinski definition) is 1. The van der Waals surface area contributed by atoms with E-state index < -0.39 is 0 Å². The number of fused-ring (bicyclic) bond motifs is 1. The van der Waals surface area contributed by atoms with Gasteiger partial charge in [0.25, 0.3) is 0 Å². The van der Waals surface area contributed by atoms with E-state index in [1.807, 2.05) is 18.3 Å². The van der Waals surface area contributed by atoms with Crippen LogP contribution in [0.5, 0.6) is 0 Å². The number of nitrogen functional groups attached to an aromatic ring is 1. The highest BCUT2D eigenvalue weighted by Gasteiger charge is 2.29. The third-order valence-corrected chi connectivity index (χ3v) is 5.01. The minimum absolute atomic E-state index is 0.502. The number of pyridine rings is 1. The third kappa shape index (κ3) is 2.69. The standard InChI is InChI=1S/C18H25N3/c1-18(2)10-8-13(9-11-18)21(3)16-7-6-15(19)17-14(16)5-4-12-20-17/h4-7,12-13H,8-11,19H2,1-3H3. The Balaban J connectivity index is 1.92. The number of rotatable bonds is 2. The maximum Gasteiger partial charge on any atom is 0.0951 e. The molecule has 112 valence electrons. The van der Waals surface area contributed by atoms with Crippen LogP contribution in [0.15, 0.2) is 30.5 Å². The van der Waals surface area contributed by atoms with E-state index in [0.717, 1.165) is 16.6 Å². The Morgan fingerprint density at radius 3 is 2.62 bits per heavy atom. The molecule has 3 heteroatoms. The van der Waals surface area contributed by atoms with Gasteiger partial charge in [-0.15, -0.1) is 0 Å². The first-order chi connectivity index (χ1) is 9.98. The summed E-state index contributed by atoms with van der Waals surface area (Å²) in [7, 11) is 2.21. The molecule has 1 aliphatic rings. The molecule has 1 aromatic heterocycles. The Morgan fingerprint density at radius 2 is 1.90 bits per heavy atom. The van der Waals surface area contributed by atoms with Crippen LogP contribution >= 0.6 is 0 Å². The van der Waals surface area contributed by atoms with Crippen molar-refractivity contribution in [1.82, 2.24) is 4.98 Å². The molecule has 2 N–H and O–H groups in total. The van der Waals surface area contributed by atoms with Crippen molar-refractivity contribution in [2.45, 2.75) is 45.6 Å². The van der Waals surface area contributed by atoms with Gasteiger partial charge in [0.05, 0.1) is 11.2 Å². The summed E-state index contributed by atoms with van der Waals surface area (Å²) in [4.78, 5) is 6.87. The zero-order valence-electron chi connectivity index (χ0n) is 13.3. The van der Waals surface area contributed by atoms with Crippen LogP contribution in [-0.2, 0) is 0 Å². The molecule has 1 saturated carbocycles. The summed E-state index contributed by atoms with van der Waals surface area (Å²) in [5, 5.41) is 1.16. The highest BCUT2D eigenvalue weighted by Crippen LogP contribution is 2.39. The van der Waals surface area contributed by atoms with Crippen molar-refractivity contribution in [2.24, 2.45) is 5.41 Å². The molecule has 3 nitrogen and oxygen atoms in total. The van der Waals surface area contributed by atoms with Crippen LogP contribution < -0.4 is 10.6 Å². The Bertz CT molecular complexity index is 638. The highest BCUT2D eigenvalue weighted by molar-refractivity contribution is 5.98. The smallest absolute Gasteiger partial charge is 0.0951 e. The number of hydrogen-bond acceptors (Lipinski definition) is 3. The first-order valence-corrected chi connectivity index (χ1v) is 7.84. The average Bonchev–Trinajstić information content (AvgIpc) is 2.47. The molecular formula is C18H25N3. The lowest BCUT2D eigenvalue weighted by Crippen LogP contribution is -2.37. The van der Waals surface area contributed by atoms with Gasteiger partial charge in [-0.2, -0.15) is 0 Å². The molecule has 1 aromatic carbocycles. The Kier molecular flexibility index (Phi) is 3.52. The van der Waals surface area contributed by atoms with Crippen molar-refractivity contribution in [3.8, 4) is 0 Å². The quantitative estimate of drug-likeness (QED) is 0.839. The van der Waals surface area contributed by atoms with Crippen LogP contribution in [0.2, 0.25) is 0 Å². The molecule has 0 spiro atoms. The summed E-state index contributed by atoms with van der Waals surface area (Å²) in [5.74, 6) is 0. The summed E-state index contributed by atoms with van der Waals surface area (Å²) in [6, 6.07) is 8.85. The summed E-state index contributed by atoms with van der Waals surface area (Å²) >= 11 is 0. The van der Waals surface area contributed by atoms with Crippen LogP contribution in [0.25, 0.3) is 10.9 Å². The van der Waals surface area contributed by atoms with Crippen molar-refractivity contribution in [3.63, 3.8) is 0 Å². The highest BCUT2D eigenvalue weighted by atomic mass is 15.1. The van der Waals surface area contributed by atoms with Gasteiger partial charge < -0.3 is 10.6 Å². The molecule has 1 fully saturated rings. The second kappa shape index (κ2) is 5.21. The third-order valence-electron chi connectivity index (χ3n) is 5.01. The molecule has 1 aliphatic carbocycles. The monoisotopic (exact) mass is 283 g/mol. The topological polar surface area (TPSA) is 42.1 Å². The van der Waals surface area contributed by atoms with Gasteiger partial charge in [0.2, 0.25) is 0 Å². The molecule has 0 bridgehead atoms. The van der Waals surface area contributed by atoms with E-state index in [9.17, 15) is 0 Å². The largest absolute Gasteiger partial charge is 0.397 e. The molecule has 0 radical (unpaired) electrons. The van der Waals surface area contributed by atoms with Crippen molar-refractivity contribution < 1.29 is 0 Å². The SMILES string of the molecule is CN(c1ccc(N)c2ncccc12)C1CCC(C)(C)CC1. The predicted octanol–water partition coefficient (Wildman–Crippen LogP) is 4.22. The number of anilines is 2. The fourth-order valence-corrected chi connectivity index (χ4v) is 3.46. The van der Waals surface area contributed by atoms with Gasteiger partial charge >= 0.3 is 0 Å². The van der Waals surface area contributed by atoms with Gasteiger partial charge in [-0.3, -0.25) is 4.98 Å². The van der Waals surface area contributed by atoms with Gasteiger partial charge in [0.15, 0.2) is 0 Å². The first-order valence-electron chi connectivity index (χ1n) is 7.84. The van der Waals surface area contributed by atoms with E-state index in [0.29, 0.717) is 11.5 Å². The van der Waals surface area contributed by atoms with Gasteiger partial charge in [0, 0.05) is 30.4 Å². The van der Waals surface area contributed by atoms with Gasteiger partial charge in [0.1, 0.15) is 0 Å². The molecule has 2 aromatic rings. The molecule has 21 heavy (non-hydrogen) atoms. The van der Waals surface area contributed by atoms with Crippen molar-refractivity contribution >= 4 is 22.3 Å². The van der Waals surface area contributed by atoms with E-state index in [1.165, 1.54) is 31.4 Å². The first kappa shape index (κ1) is 14.2. The number of benzene rings is 1. The zero-order valence-corrected chi connectivity index (χ0v) is 13.3. The maximum absolute atomic E-state index is 6.06. The molecule has 0 unspecified atom stereocenters. The fraction of sp³-hybridized carbons (Fsp3) is 0.500. The molecule has 3 rings (SSSR count). The molecule has 0 amide bonds. The number of nitrogens with zero attached hydrogens (tertiary/aromatic N) is 2. The lowest BCUT2D eigenvalue weighted by molar-refractivity contribution is 0.223. The molecule has 0 atom stereocenters. The minimum Gasteiger partial charge on any atom is -0.397 e. The van der Waals surface area contributed by atoms with Crippen LogP contribution in [0.3, 0.4) is 0 Å². The molecule has 0 saturated heterocycles. The van der Waals surface area contributed by atoms with E-state index in [1.54, 1.807) is 0 Å².